The zero-order valence-electron chi connectivity index (χ0n) is 12.7. The van der Waals surface area contributed by atoms with Crippen LogP contribution in [0, 0.1) is 0 Å². The van der Waals surface area contributed by atoms with E-state index in [0.29, 0.717) is 0 Å². The normalized spacial score (nSPS) is 46.3. The molecule has 1 saturated carbocycles. The molecule has 0 aromatic carbocycles. The summed E-state index contributed by atoms with van der Waals surface area (Å²) in [5.74, 6) is -2.03. The van der Waals surface area contributed by atoms with Crippen LogP contribution in [-0.2, 0) is 28.0 Å². The second-order valence-electron chi connectivity index (χ2n) is 6.68. The fourth-order valence-corrected chi connectivity index (χ4v) is 3.88. The van der Waals surface area contributed by atoms with Crippen LogP contribution in [0.4, 0.5) is 0 Å². The van der Waals surface area contributed by atoms with Crippen LogP contribution < -0.4 is 0 Å². The fraction of sp³-hybridized carbons (Fsp3) is 1.00. The summed E-state index contributed by atoms with van der Waals surface area (Å²) in [5.41, 5.74) is 0. The van der Waals surface area contributed by atoms with E-state index in [1.807, 2.05) is 0 Å². The molecule has 2 aliphatic heterocycles. The highest BCUT2D eigenvalue weighted by Gasteiger charge is 2.64. The standard InChI is InChI=1S/C12H21O9P/c1-11(2)17-6-5(13)7-9(20-12(3,4)18-7)10(8(6)19-11)21-22(14,15)16/h5-10,13H,1-4H3,(H2,14,15,16)/t5?,6-,7+,8-,9+,10?. The summed E-state index contributed by atoms with van der Waals surface area (Å²) in [7, 11) is -4.79. The molecule has 22 heavy (non-hydrogen) atoms. The van der Waals surface area contributed by atoms with E-state index < -0.39 is 56.0 Å². The molecule has 9 nitrogen and oxygen atoms in total. The molecule has 128 valence electrons. The Labute approximate surface area is 127 Å². The Hall–Kier alpha value is -0.0900. The summed E-state index contributed by atoms with van der Waals surface area (Å²) in [5, 5.41) is 10.5. The molecule has 3 fully saturated rings. The molecule has 0 spiro atoms. The summed E-state index contributed by atoms with van der Waals surface area (Å²) >= 11 is 0. The Morgan fingerprint density at radius 1 is 0.864 bits per heavy atom. The molecule has 2 heterocycles. The van der Waals surface area contributed by atoms with E-state index in [4.69, 9.17) is 33.3 Å². The van der Waals surface area contributed by atoms with E-state index >= 15 is 0 Å². The highest BCUT2D eigenvalue weighted by atomic mass is 31.2. The second-order valence-corrected chi connectivity index (χ2v) is 7.87. The molecule has 0 radical (unpaired) electrons. The monoisotopic (exact) mass is 340 g/mol. The molecule has 2 unspecified atom stereocenters. The molecule has 0 aromatic heterocycles. The second kappa shape index (κ2) is 4.95. The number of phosphoric acid groups is 1. The molecular weight excluding hydrogens is 319 g/mol. The van der Waals surface area contributed by atoms with Gasteiger partial charge >= 0.3 is 7.82 Å². The van der Waals surface area contributed by atoms with Crippen molar-refractivity contribution in [3.8, 4) is 0 Å². The summed E-state index contributed by atoms with van der Waals surface area (Å²) in [6.45, 7) is 6.59. The smallest absolute Gasteiger partial charge is 0.387 e. The van der Waals surface area contributed by atoms with Gasteiger partial charge in [-0.25, -0.2) is 4.57 Å². The summed E-state index contributed by atoms with van der Waals surface area (Å²) in [4.78, 5) is 18.3. The van der Waals surface area contributed by atoms with Crippen molar-refractivity contribution in [2.45, 2.75) is 75.9 Å². The minimum absolute atomic E-state index is 0.828. The fourth-order valence-electron chi connectivity index (χ4n) is 3.32. The lowest BCUT2D eigenvalue weighted by Gasteiger charge is -2.40. The van der Waals surface area contributed by atoms with Crippen molar-refractivity contribution < 1.29 is 42.9 Å². The van der Waals surface area contributed by atoms with E-state index in [2.05, 4.69) is 0 Å². The first-order valence-corrected chi connectivity index (χ1v) is 8.55. The maximum absolute atomic E-state index is 11.3. The quantitative estimate of drug-likeness (QED) is 0.590. The Kier molecular flexibility index (Phi) is 3.77. The molecule has 0 amide bonds. The number of hydrogen-bond donors (Lipinski definition) is 3. The highest BCUT2D eigenvalue weighted by molar-refractivity contribution is 7.46. The molecule has 10 heteroatoms. The molecule has 0 aromatic rings. The number of ether oxygens (including phenoxy) is 4. The third kappa shape index (κ3) is 2.98. The molecule has 3 rings (SSSR count). The Morgan fingerprint density at radius 3 is 1.59 bits per heavy atom. The molecule has 6 atom stereocenters. The zero-order valence-corrected chi connectivity index (χ0v) is 13.6. The zero-order chi connectivity index (χ0) is 16.5. The van der Waals surface area contributed by atoms with E-state index in [1.165, 1.54) is 0 Å². The van der Waals surface area contributed by atoms with Gasteiger partial charge in [-0.05, 0) is 27.7 Å². The van der Waals surface area contributed by atoms with Crippen molar-refractivity contribution >= 4 is 7.82 Å². The first-order chi connectivity index (χ1) is 9.89. The largest absolute Gasteiger partial charge is 0.470 e. The van der Waals surface area contributed by atoms with Crippen LogP contribution in [0.15, 0.2) is 0 Å². The number of rotatable bonds is 2. The minimum atomic E-state index is -4.79. The van der Waals surface area contributed by atoms with Crippen LogP contribution in [0.25, 0.3) is 0 Å². The van der Waals surface area contributed by atoms with Gasteiger partial charge in [0.1, 0.15) is 36.6 Å². The van der Waals surface area contributed by atoms with Gasteiger partial charge in [0.05, 0.1) is 0 Å². The molecule has 3 aliphatic rings. The van der Waals surface area contributed by atoms with Crippen molar-refractivity contribution in [2.24, 2.45) is 0 Å². The summed E-state index contributed by atoms with van der Waals surface area (Å²) in [6, 6.07) is 0. The molecule has 2 saturated heterocycles. The van der Waals surface area contributed by atoms with E-state index in [1.54, 1.807) is 27.7 Å². The number of hydrogen-bond acceptors (Lipinski definition) is 7. The number of aliphatic hydroxyl groups is 1. The Bertz CT molecular complexity index is 469. The lowest BCUT2D eigenvalue weighted by molar-refractivity contribution is -0.182. The van der Waals surface area contributed by atoms with E-state index in [9.17, 15) is 9.67 Å². The van der Waals surface area contributed by atoms with Gasteiger partial charge < -0.3 is 33.8 Å². The van der Waals surface area contributed by atoms with Gasteiger partial charge in [0.2, 0.25) is 0 Å². The molecular formula is C12H21O9P. The molecule has 3 N–H and O–H groups in total. The summed E-state index contributed by atoms with van der Waals surface area (Å²) in [6.07, 6.45) is -5.60. The average Bonchev–Trinajstić information content (AvgIpc) is 2.80. The summed E-state index contributed by atoms with van der Waals surface area (Å²) < 4.78 is 38.8. The van der Waals surface area contributed by atoms with Gasteiger partial charge in [-0.15, -0.1) is 0 Å². The lowest BCUT2D eigenvalue weighted by Crippen LogP contribution is -2.62. The maximum atomic E-state index is 11.3. The van der Waals surface area contributed by atoms with Crippen molar-refractivity contribution in [3.63, 3.8) is 0 Å². The van der Waals surface area contributed by atoms with Gasteiger partial charge in [-0.3, -0.25) is 4.52 Å². The van der Waals surface area contributed by atoms with Crippen molar-refractivity contribution in [1.29, 1.82) is 0 Å². The van der Waals surface area contributed by atoms with Crippen LogP contribution in [0.5, 0.6) is 0 Å². The van der Waals surface area contributed by atoms with E-state index in [0.717, 1.165) is 0 Å². The third-order valence-corrected chi connectivity index (χ3v) is 4.43. The van der Waals surface area contributed by atoms with Gasteiger partial charge in [0, 0.05) is 0 Å². The number of aliphatic hydroxyl groups excluding tert-OH is 1. The van der Waals surface area contributed by atoms with Gasteiger partial charge in [0.25, 0.3) is 0 Å². The predicted octanol–water partition coefficient (Wildman–Crippen LogP) is -0.121. The lowest BCUT2D eigenvalue weighted by atomic mass is 9.85. The van der Waals surface area contributed by atoms with E-state index in [-0.39, 0.29) is 0 Å². The Balaban J connectivity index is 1.95. The topological polar surface area (TPSA) is 124 Å². The van der Waals surface area contributed by atoms with Crippen LogP contribution in [0.2, 0.25) is 0 Å². The van der Waals surface area contributed by atoms with Crippen LogP contribution in [-0.4, -0.2) is 63.1 Å². The number of phosphoric ester groups is 1. The van der Waals surface area contributed by atoms with Crippen molar-refractivity contribution in [3.05, 3.63) is 0 Å². The van der Waals surface area contributed by atoms with Gasteiger partial charge in [-0.2, -0.15) is 0 Å². The van der Waals surface area contributed by atoms with Crippen molar-refractivity contribution in [1.82, 2.24) is 0 Å². The van der Waals surface area contributed by atoms with Crippen LogP contribution >= 0.6 is 7.82 Å². The predicted molar refractivity (Wildman–Crippen MR) is 70.6 cm³/mol. The SMILES string of the molecule is CC1(C)O[C@@H]2C(OP(=O)(O)O)[C@@H]3OC(C)(C)O[C@@H]3C(O)[C@@H]2O1. The highest BCUT2D eigenvalue weighted by Crippen LogP contribution is 2.49. The number of fused-ring (bicyclic) bond motifs is 2. The first kappa shape index (κ1) is 16.8. The molecule has 0 bridgehead atoms. The van der Waals surface area contributed by atoms with Crippen LogP contribution in [0.1, 0.15) is 27.7 Å². The minimum Gasteiger partial charge on any atom is -0.387 e. The first-order valence-electron chi connectivity index (χ1n) is 7.02. The molecule has 1 aliphatic carbocycles. The maximum Gasteiger partial charge on any atom is 0.470 e. The van der Waals surface area contributed by atoms with Gasteiger partial charge in [-0.1, -0.05) is 0 Å². The third-order valence-electron chi connectivity index (χ3n) is 3.91. The Morgan fingerprint density at radius 2 is 1.23 bits per heavy atom. The average molecular weight is 340 g/mol. The van der Waals surface area contributed by atoms with Crippen molar-refractivity contribution in [2.75, 3.05) is 0 Å². The van der Waals surface area contributed by atoms with Crippen LogP contribution in [0.3, 0.4) is 0 Å². The van der Waals surface area contributed by atoms with Gasteiger partial charge in [0.15, 0.2) is 11.6 Å².